The lowest BCUT2D eigenvalue weighted by Gasteiger charge is -2.16. The van der Waals surface area contributed by atoms with E-state index in [2.05, 4.69) is 5.32 Å². The van der Waals surface area contributed by atoms with Gasteiger partial charge in [-0.25, -0.2) is 21.1 Å². The van der Waals surface area contributed by atoms with Gasteiger partial charge in [0.1, 0.15) is 4.21 Å². The highest BCUT2D eigenvalue weighted by atomic mass is 32.2. The van der Waals surface area contributed by atoms with Crippen LogP contribution in [0.4, 0.5) is 0 Å². The van der Waals surface area contributed by atoms with Crippen LogP contribution in [0.5, 0.6) is 0 Å². The molecule has 0 bridgehead atoms. The number of nitrogens with zero attached hydrogens (tertiary/aromatic N) is 2. The summed E-state index contributed by atoms with van der Waals surface area (Å²) in [5.74, 6) is -0.232. The van der Waals surface area contributed by atoms with E-state index in [0.29, 0.717) is 18.0 Å². The zero-order valence-corrected chi connectivity index (χ0v) is 20.2. The molecule has 2 heterocycles. The first kappa shape index (κ1) is 23.9. The number of amides is 1. The Morgan fingerprint density at radius 2 is 1.68 bits per heavy atom. The molecule has 31 heavy (non-hydrogen) atoms. The van der Waals surface area contributed by atoms with Gasteiger partial charge in [-0.3, -0.25) is 4.79 Å². The summed E-state index contributed by atoms with van der Waals surface area (Å²) in [5, 5.41) is 2.88. The number of nitrogens with one attached hydrogen (secondary N) is 1. The van der Waals surface area contributed by atoms with Crippen molar-refractivity contribution in [1.29, 1.82) is 0 Å². The van der Waals surface area contributed by atoms with Crippen LogP contribution >= 0.6 is 11.3 Å². The maximum Gasteiger partial charge on any atom is 0.252 e. The summed E-state index contributed by atoms with van der Waals surface area (Å²) in [7, 11) is -4.04. The Bertz CT molecular complexity index is 1130. The van der Waals surface area contributed by atoms with Gasteiger partial charge in [0.05, 0.1) is 17.4 Å². The maximum absolute atomic E-state index is 12.6. The Labute approximate surface area is 188 Å². The fourth-order valence-corrected chi connectivity index (χ4v) is 7.25. The summed E-state index contributed by atoms with van der Waals surface area (Å²) in [5.41, 5.74) is 0.773. The molecule has 1 aromatic carbocycles. The molecule has 2 aromatic rings. The first-order valence-electron chi connectivity index (χ1n) is 9.92. The first-order valence-corrected chi connectivity index (χ1v) is 13.6. The Morgan fingerprint density at radius 1 is 1.06 bits per heavy atom. The molecule has 11 heteroatoms. The lowest BCUT2D eigenvalue weighted by molar-refractivity contribution is -0.121. The number of carbonyl (C=O) groups is 1. The van der Waals surface area contributed by atoms with Crippen LogP contribution in [0.25, 0.3) is 0 Å². The van der Waals surface area contributed by atoms with Gasteiger partial charge in [-0.15, -0.1) is 11.3 Å². The zero-order valence-electron chi connectivity index (χ0n) is 17.7. The van der Waals surface area contributed by atoms with E-state index in [-0.39, 0.29) is 27.5 Å². The molecule has 1 saturated heterocycles. The van der Waals surface area contributed by atoms with Crippen molar-refractivity contribution in [3.63, 3.8) is 0 Å². The van der Waals surface area contributed by atoms with E-state index in [1.54, 1.807) is 24.3 Å². The normalized spacial score (nSPS) is 16.5. The number of carbonyl (C=O) groups excluding carboxylic acids is 1. The Kier molecular flexibility index (Phi) is 7.21. The van der Waals surface area contributed by atoms with Crippen LogP contribution in [0, 0.1) is 0 Å². The van der Waals surface area contributed by atoms with Crippen molar-refractivity contribution in [2.24, 2.45) is 0 Å². The molecular formula is C20H27N3O5S3. The first-order chi connectivity index (χ1) is 14.5. The molecule has 1 fully saturated rings. The Hall–Kier alpha value is -1.79. The molecule has 0 saturated carbocycles. The van der Waals surface area contributed by atoms with Crippen molar-refractivity contribution in [1.82, 2.24) is 13.9 Å². The number of hydrogen-bond donors (Lipinski definition) is 1. The van der Waals surface area contributed by atoms with Crippen LogP contribution in [-0.2, 0) is 31.3 Å². The largest absolute Gasteiger partial charge is 0.349 e. The quantitative estimate of drug-likeness (QED) is 0.617. The SMILES string of the molecule is CC(NC(=O)Cc1ccc(S(=O)(=O)N2CCCC2)s1)c1ccc(S(=O)(=O)N(C)C)cc1. The van der Waals surface area contributed by atoms with Crippen molar-refractivity contribution < 1.29 is 21.6 Å². The van der Waals surface area contributed by atoms with Gasteiger partial charge in [0.25, 0.3) is 10.0 Å². The third-order valence-electron chi connectivity index (χ3n) is 5.17. The summed E-state index contributed by atoms with van der Waals surface area (Å²) < 4.78 is 52.5. The topological polar surface area (TPSA) is 104 Å². The van der Waals surface area contributed by atoms with E-state index in [0.717, 1.165) is 34.0 Å². The van der Waals surface area contributed by atoms with Crippen LogP contribution in [0.15, 0.2) is 45.5 Å². The predicted octanol–water partition coefficient (Wildman–Crippen LogP) is 2.20. The minimum atomic E-state index is -3.50. The monoisotopic (exact) mass is 485 g/mol. The van der Waals surface area contributed by atoms with Gasteiger partial charge in [0.15, 0.2) is 0 Å². The van der Waals surface area contributed by atoms with Crippen molar-refractivity contribution in [3.8, 4) is 0 Å². The van der Waals surface area contributed by atoms with Gasteiger partial charge < -0.3 is 5.32 Å². The van der Waals surface area contributed by atoms with Crippen LogP contribution in [0.1, 0.15) is 36.2 Å². The smallest absolute Gasteiger partial charge is 0.252 e. The number of benzene rings is 1. The van der Waals surface area contributed by atoms with E-state index in [1.165, 1.54) is 30.5 Å². The van der Waals surface area contributed by atoms with E-state index >= 15 is 0 Å². The predicted molar refractivity (Wildman–Crippen MR) is 120 cm³/mol. The van der Waals surface area contributed by atoms with Crippen molar-refractivity contribution in [2.75, 3.05) is 27.2 Å². The molecule has 1 atom stereocenters. The molecule has 1 aromatic heterocycles. The zero-order chi connectivity index (χ0) is 22.8. The highest BCUT2D eigenvalue weighted by molar-refractivity contribution is 7.91. The van der Waals surface area contributed by atoms with Crippen molar-refractivity contribution in [2.45, 2.75) is 41.3 Å². The molecule has 1 aliphatic heterocycles. The summed E-state index contributed by atoms with van der Waals surface area (Å²) in [6.07, 6.45) is 1.83. The fraction of sp³-hybridized carbons (Fsp3) is 0.450. The number of rotatable bonds is 8. The minimum absolute atomic E-state index is 0.0810. The van der Waals surface area contributed by atoms with Crippen LogP contribution in [0.2, 0.25) is 0 Å². The Balaban J connectivity index is 1.62. The summed E-state index contributed by atoms with van der Waals surface area (Å²) in [4.78, 5) is 13.3. The fourth-order valence-electron chi connectivity index (χ4n) is 3.32. The van der Waals surface area contributed by atoms with Gasteiger partial charge in [0, 0.05) is 32.1 Å². The lowest BCUT2D eigenvalue weighted by Crippen LogP contribution is -2.28. The van der Waals surface area contributed by atoms with Crippen LogP contribution in [-0.4, -0.2) is 58.5 Å². The van der Waals surface area contributed by atoms with E-state index in [1.807, 2.05) is 6.92 Å². The highest BCUT2D eigenvalue weighted by Crippen LogP contribution is 2.28. The van der Waals surface area contributed by atoms with Crippen LogP contribution < -0.4 is 5.32 Å². The van der Waals surface area contributed by atoms with Gasteiger partial charge in [-0.1, -0.05) is 12.1 Å². The standard InChI is InChI=1S/C20H27N3O5S3/c1-15(16-6-9-18(10-7-16)30(25,26)22(2)3)21-19(24)14-17-8-11-20(29-17)31(27,28)23-12-4-5-13-23/h6-11,15H,4-5,12-14H2,1-3H3,(H,21,24). The van der Waals surface area contributed by atoms with Gasteiger partial charge >= 0.3 is 0 Å². The molecule has 3 rings (SSSR count). The second kappa shape index (κ2) is 9.37. The number of hydrogen-bond acceptors (Lipinski definition) is 6. The Morgan fingerprint density at radius 3 is 2.26 bits per heavy atom. The van der Waals surface area contributed by atoms with E-state index in [4.69, 9.17) is 0 Å². The molecule has 8 nitrogen and oxygen atoms in total. The third kappa shape index (κ3) is 5.35. The second-order valence-electron chi connectivity index (χ2n) is 7.65. The molecule has 0 radical (unpaired) electrons. The highest BCUT2D eigenvalue weighted by Gasteiger charge is 2.28. The summed E-state index contributed by atoms with van der Waals surface area (Å²) >= 11 is 1.12. The van der Waals surface area contributed by atoms with Gasteiger partial charge in [-0.2, -0.15) is 4.31 Å². The molecule has 0 aliphatic carbocycles. The van der Waals surface area contributed by atoms with E-state index < -0.39 is 20.0 Å². The molecule has 1 N–H and O–H groups in total. The minimum Gasteiger partial charge on any atom is -0.349 e. The molecule has 170 valence electrons. The average molecular weight is 486 g/mol. The maximum atomic E-state index is 12.6. The number of sulfonamides is 2. The number of thiophene rings is 1. The molecular weight excluding hydrogens is 458 g/mol. The van der Waals surface area contributed by atoms with Gasteiger partial charge in [-0.05, 0) is 49.6 Å². The third-order valence-corrected chi connectivity index (χ3v) is 10.4. The van der Waals surface area contributed by atoms with Crippen molar-refractivity contribution >= 4 is 37.3 Å². The second-order valence-corrected chi connectivity index (χ2v) is 13.1. The van der Waals surface area contributed by atoms with E-state index in [9.17, 15) is 21.6 Å². The average Bonchev–Trinajstić information content (AvgIpc) is 3.40. The molecule has 1 unspecified atom stereocenters. The molecule has 0 spiro atoms. The summed E-state index contributed by atoms with van der Waals surface area (Å²) in [6.45, 7) is 2.90. The molecule has 1 aliphatic rings. The van der Waals surface area contributed by atoms with Crippen molar-refractivity contribution in [3.05, 3.63) is 46.8 Å². The lowest BCUT2D eigenvalue weighted by atomic mass is 10.1. The molecule has 1 amide bonds. The van der Waals surface area contributed by atoms with Crippen LogP contribution in [0.3, 0.4) is 0 Å². The summed E-state index contributed by atoms with van der Waals surface area (Å²) in [6, 6.07) is 9.30. The van der Waals surface area contributed by atoms with Gasteiger partial charge in [0.2, 0.25) is 15.9 Å².